The van der Waals surface area contributed by atoms with Crippen LogP contribution >= 0.6 is 11.8 Å². The van der Waals surface area contributed by atoms with E-state index in [1.807, 2.05) is 11.8 Å². The first-order valence-corrected chi connectivity index (χ1v) is 7.26. The third kappa shape index (κ3) is 4.40. The largest absolute Gasteiger partial charge is 0.480 e. The van der Waals surface area contributed by atoms with E-state index < -0.39 is 12.0 Å². The Morgan fingerprint density at radius 3 is 2.67 bits per heavy atom. The summed E-state index contributed by atoms with van der Waals surface area (Å²) in [5.41, 5.74) is 0. The number of carbonyl (C=O) groups is 2. The van der Waals surface area contributed by atoms with Crippen LogP contribution in [-0.4, -0.2) is 51.6 Å². The number of carbonyl (C=O) groups excluding carboxylic acids is 1. The van der Waals surface area contributed by atoms with Gasteiger partial charge in [-0.15, -0.1) is 0 Å². The van der Waals surface area contributed by atoms with Crippen LogP contribution in [0.2, 0.25) is 0 Å². The van der Waals surface area contributed by atoms with Crippen LogP contribution in [0, 0.1) is 0 Å². The number of nitrogens with one attached hydrogen (secondary N) is 1. The van der Waals surface area contributed by atoms with Crippen molar-refractivity contribution in [3.05, 3.63) is 0 Å². The van der Waals surface area contributed by atoms with Gasteiger partial charge >= 0.3 is 12.0 Å². The highest BCUT2D eigenvalue weighted by Crippen LogP contribution is 2.30. The number of carboxylic acids is 1. The molecule has 0 saturated carbocycles. The monoisotopic (exact) mass is 274 g/mol. The van der Waals surface area contributed by atoms with E-state index in [1.54, 1.807) is 11.8 Å². The Morgan fingerprint density at radius 2 is 2.11 bits per heavy atom. The smallest absolute Gasteiger partial charge is 0.326 e. The van der Waals surface area contributed by atoms with E-state index in [0.717, 1.165) is 12.2 Å². The molecule has 1 aliphatic rings. The molecule has 1 aliphatic heterocycles. The van der Waals surface area contributed by atoms with Crippen molar-refractivity contribution in [3.8, 4) is 0 Å². The van der Waals surface area contributed by atoms with Gasteiger partial charge in [0.2, 0.25) is 0 Å². The lowest BCUT2D eigenvalue weighted by Crippen LogP contribution is -2.48. The average Bonchev–Trinajstić information content (AvgIpc) is 2.46. The molecular weight excluding hydrogens is 252 g/mol. The van der Waals surface area contributed by atoms with Crippen LogP contribution in [0.4, 0.5) is 4.79 Å². The Kier molecular flexibility index (Phi) is 5.31. The number of amides is 2. The summed E-state index contributed by atoms with van der Waals surface area (Å²) in [6.45, 7) is 7.45. The van der Waals surface area contributed by atoms with Gasteiger partial charge in [0.25, 0.3) is 0 Å². The van der Waals surface area contributed by atoms with Crippen molar-refractivity contribution in [1.82, 2.24) is 10.2 Å². The van der Waals surface area contributed by atoms with Crippen molar-refractivity contribution < 1.29 is 14.7 Å². The van der Waals surface area contributed by atoms with Crippen LogP contribution in [0.25, 0.3) is 0 Å². The highest BCUT2D eigenvalue weighted by molar-refractivity contribution is 8.00. The number of thioether (sulfide) groups is 1. The number of carboxylic acid groups (broad SMARTS) is 1. The lowest BCUT2D eigenvalue weighted by atomic mass is 10.1. The molecule has 0 aromatic carbocycles. The lowest BCUT2D eigenvalue weighted by Gasteiger charge is -2.24. The average molecular weight is 274 g/mol. The van der Waals surface area contributed by atoms with Gasteiger partial charge in [-0.05, 0) is 12.8 Å². The van der Waals surface area contributed by atoms with Crippen molar-refractivity contribution in [2.45, 2.75) is 44.4 Å². The van der Waals surface area contributed by atoms with Crippen LogP contribution in [0.5, 0.6) is 0 Å². The van der Waals surface area contributed by atoms with E-state index in [2.05, 4.69) is 19.2 Å². The minimum atomic E-state index is -0.977. The molecule has 0 aromatic rings. The Hall–Kier alpha value is -0.910. The van der Waals surface area contributed by atoms with E-state index in [9.17, 15) is 9.59 Å². The molecule has 1 rings (SSSR count). The zero-order valence-corrected chi connectivity index (χ0v) is 12.0. The van der Waals surface area contributed by atoms with Crippen LogP contribution in [0.3, 0.4) is 0 Å². The summed E-state index contributed by atoms with van der Waals surface area (Å²) in [7, 11) is 0. The number of aliphatic carboxylic acids is 1. The quantitative estimate of drug-likeness (QED) is 0.823. The molecule has 0 aromatic heterocycles. The Bertz CT molecular complexity index is 320. The molecule has 2 N–H and O–H groups in total. The van der Waals surface area contributed by atoms with E-state index in [1.165, 1.54) is 0 Å². The molecule has 0 aliphatic carbocycles. The second kappa shape index (κ2) is 6.31. The summed E-state index contributed by atoms with van der Waals surface area (Å²) in [4.78, 5) is 24.6. The summed E-state index contributed by atoms with van der Waals surface area (Å²) in [5.74, 6) is -0.0834. The first-order chi connectivity index (χ1) is 8.35. The third-order valence-corrected chi connectivity index (χ3v) is 4.50. The molecule has 6 heteroatoms. The Morgan fingerprint density at radius 1 is 1.44 bits per heavy atom. The van der Waals surface area contributed by atoms with E-state index in [4.69, 9.17) is 5.11 Å². The molecule has 0 radical (unpaired) electrons. The van der Waals surface area contributed by atoms with E-state index in [0.29, 0.717) is 19.5 Å². The zero-order valence-electron chi connectivity index (χ0n) is 11.2. The number of nitrogens with zero attached hydrogens (tertiary/aromatic N) is 1. The van der Waals surface area contributed by atoms with Gasteiger partial charge in [0, 0.05) is 23.6 Å². The number of rotatable bonds is 3. The van der Waals surface area contributed by atoms with Gasteiger partial charge < -0.3 is 15.3 Å². The topological polar surface area (TPSA) is 69.6 Å². The summed E-state index contributed by atoms with van der Waals surface area (Å²) >= 11 is 1.86. The summed E-state index contributed by atoms with van der Waals surface area (Å²) in [6, 6.07) is -1.05. The maximum absolute atomic E-state index is 12.0. The maximum Gasteiger partial charge on any atom is 0.326 e. The molecule has 18 heavy (non-hydrogen) atoms. The molecule has 2 amide bonds. The Balaban J connectivity index is 2.54. The first kappa shape index (κ1) is 15.1. The molecule has 0 bridgehead atoms. The van der Waals surface area contributed by atoms with Gasteiger partial charge in [-0.2, -0.15) is 11.8 Å². The normalized spacial score (nSPS) is 20.9. The van der Waals surface area contributed by atoms with Gasteiger partial charge in [-0.3, -0.25) is 0 Å². The third-order valence-electron chi connectivity index (χ3n) is 3.13. The molecule has 1 fully saturated rings. The minimum Gasteiger partial charge on any atom is -0.480 e. The number of urea groups is 1. The fourth-order valence-corrected chi connectivity index (χ4v) is 2.90. The second-order valence-electron chi connectivity index (χ2n) is 5.09. The van der Waals surface area contributed by atoms with Crippen molar-refractivity contribution in [2.24, 2.45) is 0 Å². The molecule has 0 unspecified atom stereocenters. The molecule has 5 nitrogen and oxygen atoms in total. The Labute approximate surface area is 112 Å². The number of hydrogen-bond donors (Lipinski definition) is 2. The van der Waals surface area contributed by atoms with E-state index >= 15 is 0 Å². The predicted octanol–water partition coefficient (Wildman–Crippen LogP) is 1.78. The molecule has 1 heterocycles. The van der Waals surface area contributed by atoms with Crippen LogP contribution < -0.4 is 5.32 Å². The van der Waals surface area contributed by atoms with Crippen molar-refractivity contribution in [2.75, 3.05) is 18.8 Å². The first-order valence-electron chi connectivity index (χ1n) is 6.28. The molecule has 104 valence electrons. The standard InChI is InChI=1S/C12H22N2O3S/c1-4-9(10(15)16)13-11(17)14-6-5-12(2,3)18-8-7-14/h9H,4-8H2,1-3H3,(H,13,17)(H,15,16)/t9-/m1/s1. The van der Waals surface area contributed by atoms with Crippen molar-refractivity contribution in [3.63, 3.8) is 0 Å². The molecule has 1 saturated heterocycles. The second-order valence-corrected chi connectivity index (χ2v) is 6.90. The van der Waals surface area contributed by atoms with Gasteiger partial charge in [0.1, 0.15) is 6.04 Å². The highest BCUT2D eigenvalue weighted by Gasteiger charge is 2.27. The van der Waals surface area contributed by atoms with Gasteiger partial charge in [0.15, 0.2) is 0 Å². The van der Waals surface area contributed by atoms with Crippen molar-refractivity contribution in [1.29, 1.82) is 0 Å². The minimum absolute atomic E-state index is 0.186. The van der Waals surface area contributed by atoms with Gasteiger partial charge in [-0.25, -0.2) is 9.59 Å². The van der Waals surface area contributed by atoms with Crippen LogP contribution in [0.15, 0.2) is 0 Å². The molecule has 1 atom stereocenters. The fraction of sp³-hybridized carbons (Fsp3) is 0.833. The maximum atomic E-state index is 12.0. The van der Waals surface area contributed by atoms with E-state index in [-0.39, 0.29) is 10.8 Å². The zero-order chi connectivity index (χ0) is 13.8. The predicted molar refractivity (Wildman–Crippen MR) is 73.0 cm³/mol. The molecular formula is C12H22N2O3S. The van der Waals surface area contributed by atoms with Crippen molar-refractivity contribution >= 4 is 23.8 Å². The van der Waals surface area contributed by atoms with Gasteiger partial charge in [-0.1, -0.05) is 20.8 Å². The van der Waals surface area contributed by atoms with Gasteiger partial charge in [0.05, 0.1) is 0 Å². The summed E-state index contributed by atoms with van der Waals surface area (Å²) in [5, 5.41) is 11.5. The molecule has 0 spiro atoms. The lowest BCUT2D eigenvalue weighted by molar-refractivity contribution is -0.139. The number of hydrogen-bond acceptors (Lipinski definition) is 3. The van der Waals surface area contributed by atoms with Crippen LogP contribution in [0.1, 0.15) is 33.6 Å². The summed E-state index contributed by atoms with van der Waals surface area (Å²) in [6.07, 6.45) is 1.32. The fourth-order valence-electron chi connectivity index (χ4n) is 1.80. The van der Waals surface area contributed by atoms with Crippen LogP contribution in [-0.2, 0) is 4.79 Å². The summed E-state index contributed by atoms with van der Waals surface area (Å²) < 4.78 is 0.186. The highest BCUT2D eigenvalue weighted by atomic mass is 32.2. The SMILES string of the molecule is CC[C@@H](NC(=O)N1CCSC(C)(C)CC1)C(=O)O.